The summed E-state index contributed by atoms with van der Waals surface area (Å²) in [6.45, 7) is 13.8. The van der Waals surface area contributed by atoms with Gasteiger partial charge in [-0.25, -0.2) is 4.99 Å². The molecule has 0 aliphatic carbocycles. The van der Waals surface area contributed by atoms with E-state index in [1.807, 2.05) is 38.1 Å². The molecule has 3 N–H and O–H groups in total. The maximum absolute atomic E-state index is 12.1. The Bertz CT molecular complexity index is 550. The molecule has 142 valence electrons. The van der Waals surface area contributed by atoms with Crippen LogP contribution in [0.4, 0.5) is 0 Å². The van der Waals surface area contributed by atoms with Gasteiger partial charge in [0, 0.05) is 23.7 Å². The van der Waals surface area contributed by atoms with Gasteiger partial charge in [-0.3, -0.25) is 4.79 Å². The summed E-state index contributed by atoms with van der Waals surface area (Å²) in [6, 6.07) is 7.80. The van der Waals surface area contributed by atoms with Crippen molar-refractivity contribution in [1.82, 2.24) is 16.0 Å². The predicted molar refractivity (Wildman–Crippen MR) is 117 cm³/mol. The smallest absolute Gasteiger partial charge is 0.251 e. The van der Waals surface area contributed by atoms with Gasteiger partial charge in [0.25, 0.3) is 5.91 Å². The summed E-state index contributed by atoms with van der Waals surface area (Å²) in [6.07, 6.45) is 0.923. The number of carbonyl (C=O) groups excluding carboxylic acids is 1. The molecule has 6 heteroatoms. The van der Waals surface area contributed by atoms with Gasteiger partial charge in [0.05, 0.1) is 6.54 Å². The van der Waals surface area contributed by atoms with E-state index in [4.69, 9.17) is 0 Å². The van der Waals surface area contributed by atoms with Crippen molar-refractivity contribution < 1.29 is 4.79 Å². The minimum atomic E-state index is -0.0427. The molecule has 0 bridgehead atoms. The van der Waals surface area contributed by atoms with E-state index in [9.17, 15) is 4.79 Å². The number of guanidine groups is 1. The van der Waals surface area contributed by atoms with Gasteiger partial charge in [-0.15, -0.1) is 24.0 Å². The third-order valence-corrected chi connectivity index (χ3v) is 3.46. The summed E-state index contributed by atoms with van der Waals surface area (Å²) in [5.41, 5.74) is 1.71. The van der Waals surface area contributed by atoms with E-state index in [0.29, 0.717) is 12.1 Å². The highest BCUT2D eigenvalue weighted by molar-refractivity contribution is 14.0. The number of benzene rings is 1. The van der Waals surface area contributed by atoms with Gasteiger partial charge in [0.2, 0.25) is 0 Å². The van der Waals surface area contributed by atoms with Crippen LogP contribution in [0.1, 0.15) is 63.9 Å². The zero-order valence-corrected chi connectivity index (χ0v) is 18.6. The van der Waals surface area contributed by atoms with Gasteiger partial charge in [-0.2, -0.15) is 0 Å². The fraction of sp³-hybridized carbons (Fsp3) is 0.579. The maximum atomic E-state index is 12.1. The first kappa shape index (κ1) is 23.7. The van der Waals surface area contributed by atoms with Crippen LogP contribution < -0.4 is 16.0 Å². The molecule has 0 saturated carbocycles. The molecule has 0 saturated heterocycles. The first-order chi connectivity index (χ1) is 11.2. The van der Waals surface area contributed by atoms with Gasteiger partial charge in [0.15, 0.2) is 5.96 Å². The first-order valence-electron chi connectivity index (χ1n) is 8.71. The second-order valence-electron chi connectivity index (χ2n) is 7.05. The molecular weight excluding hydrogens is 427 g/mol. The number of rotatable bonds is 6. The van der Waals surface area contributed by atoms with Crippen molar-refractivity contribution >= 4 is 35.8 Å². The van der Waals surface area contributed by atoms with Crippen molar-refractivity contribution in [2.75, 3.05) is 6.54 Å². The maximum Gasteiger partial charge on any atom is 0.251 e. The van der Waals surface area contributed by atoms with Crippen LogP contribution in [0.3, 0.4) is 0 Å². The summed E-state index contributed by atoms with van der Waals surface area (Å²) in [5, 5.41) is 9.57. The zero-order chi connectivity index (χ0) is 18.2. The van der Waals surface area contributed by atoms with Crippen LogP contribution in [-0.2, 0) is 6.54 Å². The standard InChI is InChI=1S/C19H32N4O.HI/c1-7-14(3)22-17(24)16-11-9-15(10-12-16)13-21-18(20-8-2)23-19(4,5)6;/h9-12,14H,7-8,13H2,1-6H3,(H,22,24)(H2,20,21,23);1H. The van der Waals surface area contributed by atoms with E-state index in [0.717, 1.165) is 24.5 Å². The van der Waals surface area contributed by atoms with E-state index >= 15 is 0 Å². The molecule has 1 atom stereocenters. The average molecular weight is 460 g/mol. The van der Waals surface area contributed by atoms with Crippen molar-refractivity contribution in [3.05, 3.63) is 35.4 Å². The van der Waals surface area contributed by atoms with E-state index in [-0.39, 0.29) is 41.5 Å². The Kier molecular flexibility index (Phi) is 10.7. The molecule has 0 spiro atoms. The molecule has 1 rings (SSSR count). The molecule has 0 aliphatic rings. The molecule has 0 aromatic heterocycles. The fourth-order valence-electron chi connectivity index (χ4n) is 2.00. The molecule has 5 nitrogen and oxygen atoms in total. The van der Waals surface area contributed by atoms with Crippen molar-refractivity contribution in [3.8, 4) is 0 Å². The largest absolute Gasteiger partial charge is 0.357 e. The van der Waals surface area contributed by atoms with Crippen LogP contribution >= 0.6 is 24.0 Å². The lowest BCUT2D eigenvalue weighted by molar-refractivity contribution is 0.0939. The number of nitrogens with one attached hydrogen (secondary N) is 3. The normalized spacial score (nSPS) is 12.8. The van der Waals surface area contributed by atoms with Gasteiger partial charge < -0.3 is 16.0 Å². The number of carbonyl (C=O) groups is 1. The van der Waals surface area contributed by atoms with Crippen molar-refractivity contribution in [2.24, 2.45) is 4.99 Å². The number of nitrogens with zero attached hydrogens (tertiary/aromatic N) is 1. The van der Waals surface area contributed by atoms with Crippen LogP contribution in [-0.4, -0.2) is 30.0 Å². The highest BCUT2D eigenvalue weighted by atomic mass is 127. The Morgan fingerprint density at radius 2 is 1.76 bits per heavy atom. The summed E-state index contributed by atoms with van der Waals surface area (Å²) in [4.78, 5) is 16.7. The Hall–Kier alpha value is -1.31. The monoisotopic (exact) mass is 460 g/mol. The predicted octanol–water partition coefficient (Wildman–Crippen LogP) is 3.69. The van der Waals surface area contributed by atoms with E-state index in [1.165, 1.54) is 0 Å². The molecule has 1 unspecified atom stereocenters. The summed E-state index contributed by atoms with van der Waals surface area (Å²) < 4.78 is 0. The van der Waals surface area contributed by atoms with Gasteiger partial charge in [0.1, 0.15) is 0 Å². The third kappa shape index (κ3) is 9.67. The lowest BCUT2D eigenvalue weighted by Crippen LogP contribution is -2.47. The summed E-state index contributed by atoms with van der Waals surface area (Å²) in [5.74, 6) is 0.769. The molecule has 25 heavy (non-hydrogen) atoms. The number of hydrogen-bond donors (Lipinski definition) is 3. The van der Waals surface area contributed by atoms with Crippen LogP contribution in [0.2, 0.25) is 0 Å². The number of halogens is 1. The molecule has 0 heterocycles. The van der Waals surface area contributed by atoms with Crippen LogP contribution in [0.5, 0.6) is 0 Å². The summed E-state index contributed by atoms with van der Waals surface area (Å²) in [7, 11) is 0. The third-order valence-electron chi connectivity index (χ3n) is 3.46. The molecular formula is C19H33IN4O. The van der Waals surface area contributed by atoms with E-state index in [2.05, 4.69) is 48.6 Å². The number of hydrogen-bond acceptors (Lipinski definition) is 2. The quantitative estimate of drug-likeness (QED) is 0.345. The second-order valence-corrected chi connectivity index (χ2v) is 7.05. The number of amides is 1. The molecule has 1 amide bonds. The minimum absolute atomic E-state index is 0. The topological polar surface area (TPSA) is 65.5 Å². The highest BCUT2D eigenvalue weighted by Crippen LogP contribution is 2.07. The lowest BCUT2D eigenvalue weighted by Gasteiger charge is -2.23. The van der Waals surface area contributed by atoms with Crippen molar-refractivity contribution in [1.29, 1.82) is 0 Å². The van der Waals surface area contributed by atoms with Crippen molar-refractivity contribution in [2.45, 2.75) is 66.1 Å². The highest BCUT2D eigenvalue weighted by Gasteiger charge is 2.12. The molecule has 0 radical (unpaired) electrons. The average Bonchev–Trinajstić information content (AvgIpc) is 2.51. The summed E-state index contributed by atoms with van der Waals surface area (Å²) >= 11 is 0. The molecule has 1 aromatic carbocycles. The van der Waals surface area contributed by atoms with Crippen molar-refractivity contribution in [3.63, 3.8) is 0 Å². The Labute approximate surface area is 169 Å². The Morgan fingerprint density at radius 1 is 1.16 bits per heavy atom. The molecule has 0 fully saturated rings. The van der Waals surface area contributed by atoms with Gasteiger partial charge in [-0.1, -0.05) is 19.1 Å². The molecule has 0 aliphatic heterocycles. The fourth-order valence-corrected chi connectivity index (χ4v) is 2.00. The zero-order valence-electron chi connectivity index (χ0n) is 16.3. The lowest BCUT2D eigenvalue weighted by atomic mass is 10.1. The van der Waals surface area contributed by atoms with Gasteiger partial charge >= 0.3 is 0 Å². The minimum Gasteiger partial charge on any atom is -0.357 e. The Morgan fingerprint density at radius 3 is 2.24 bits per heavy atom. The first-order valence-corrected chi connectivity index (χ1v) is 8.71. The van der Waals surface area contributed by atoms with Crippen LogP contribution in [0.15, 0.2) is 29.3 Å². The van der Waals surface area contributed by atoms with Crippen LogP contribution in [0, 0.1) is 0 Å². The number of aliphatic imine (C=N–C) groups is 1. The second kappa shape index (κ2) is 11.3. The molecule has 1 aromatic rings. The van der Waals surface area contributed by atoms with Crippen LogP contribution in [0.25, 0.3) is 0 Å². The Balaban J connectivity index is 0.00000576. The van der Waals surface area contributed by atoms with E-state index in [1.54, 1.807) is 0 Å². The van der Waals surface area contributed by atoms with Gasteiger partial charge in [-0.05, 0) is 58.7 Å². The SMILES string of the molecule is CCNC(=NCc1ccc(C(=O)NC(C)CC)cc1)NC(C)(C)C.I. The van der Waals surface area contributed by atoms with E-state index < -0.39 is 0 Å².